The molecular weight excluding hydrogens is 252 g/mol. The smallest absolute Gasteiger partial charge is 0.0586 e. The van der Waals surface area contributed by atoms with Crippen molar-refractivity contribution in [1.29, 1.82) is 0 Å². The molecule has 2 aliphatic heterocycles. The summed E-state index contributed by atoms with van der Waals surface area (Å²) in [7, 11) is 0. The Morgan fingerprint density at radius 3 is 2.90 bits per heavy atom. The van der Waals surface area contributed by atoms with Crippen molar-refractivity contribution in [2.45, 2.75) is 45.6 Å². The molecule has 2 fully saturated rings. The van der Waals surface area contributed by atoms with E-state index in [-0.39, 0.29) is 5.41 Å². The van der Waals surface area contributed by atoms with Crippen LogP contribution in [-0.4, -0.2) is 62.0 Å². The van der Waals surface area contributed by atoms with Gasteiger partial charge in [0.25, 0.3) is 0 Å². The number of likely N-dealkylation sites (tertiary alicyclic amines) is 1. The maximum absolute atomic E-state index is 9.51. The lowest BCUT2D eigenvalue weighted by atomic mass is 9.81. The van der Waals surface area contributed by atoms with Gasteiger partial charge in [0.15, 0.2) is 0 Å². The van der Waals surface area contributed by atoms with Gasteiger partial charge < -0.3 is 15.2 Å². The average molecular weight is 284 g/mol. The molecule has 4 nitrogen and oxygen atoms in total. The van der Waals surface area contributed by atoms with Crippen LogP contribution in [0.2, 0.25) is 0 Å². The van der Waals surface area contributed by atoms with Crippen LogP contribution in [0.25, 0.3) is 0 Å². The standard InChI is InChI=1S/C16H32N2O2/c1-14(2)9-17-11-16(6-4-8-20-13-16)12-18-7-3-5-15(18)10-19/h14-15,17,19H,3-13H2,1-2H3. The number of rotatable bonds is 7. The molecule has 0 saturated carbocycles. The zero-order valence-electron chi connectivity index (χ0n) is 13.2. The van der Waals surface area contributed by atoms with Gasteiger partial charge in [-0.2, -0.15) is 0 Å². The van der Waals surface area contributed by atoms with Crippen molar-refractivity contribution in [2.75, 3.05) is 46.0 Å². The van der Waals surface area contributed by atoms with Crippen molar-refractivity contribution in [3.05, 3.63) is 0 Å². The summed E-state index contributed by atoms with van der Waals surface area (Å²) in [6.45, 7) is 10.9. The fourth-order valence-electron chi connectivity index (χ4n) is 3.60. The highest BCUT2D eigenvalue weighted by Crippen LogP contribution is 2.32. The van der Waals surface area contributed by atoms with Crippen LogP contribution >= 0.6 is 0 Å². The molecule has 2 rings (SSSR count). The first-order chi connectivity index (χ1) is 9.65. The molecule has 0 aliphatic carbocycles. The number of ether oxygens (including phenoxy) is 1. The first-order valence-corrected chi connectivity index (χ1v) is 8.28. The molecule has 2 aliphatic rings. The molecule has 4 heteroatoms. The summed E-state index contributed by atoms with van der Waals surface area (Å²) >= 11 is 0. The predicted octanol–water partition coefficient (Wildman–Crippen LogP) is 1.49. The van der Waals surface area contributed by atoms with Gasteiger partial charge in [0.1, 0.15) is 0 Å². The van der Waals surface area contributed by atoms with Gasteiger partial charge in [-0.1, -0.05) is 13.8 Å². The Bertz CT molecular complexity index is 278. The average Bonchev–Trinajstić information content (AvgIpc) is 2.86. The van der Waals surface area contributed by atoms with Crippen LogP contribution in [0.3, 0.4) is 0 Å². The van der Waals surface area contributed by atoms with Crippen molar-refractivity contribution in [3.63, 3.8) is 0 Å². The Labute approximate surface area is 123 Å². The van der Waals surface area contributed by atoms with Crippen molar-refractivity contribution in [1.82, 2.24) is 10.2 Å². The van der Waals surface area contributed by atoms with E-state index in [9.17, 15) is 5.11 Å². The molecule has 0 amide bonds. The molecule has 0 spiro atoms. The van der Waals surface area contributed by atoms with Crippen LogP contribution in [0, 0.1) is 11.3 Å². The van der Waals surface area contributed by atoms with Crippen LogP contribution in [0.5, 0.6) is 0 Å². The second-order valence-electron chi connectivity index (χ2n) is 7.13. The van der Waals surface area contributed by atoms with Crippen LogP contribution in [0.4, 0.5) is 0 Å². The molecule has 2 N–H and O–H groups in total. The number of nitrogens with zero attached hydrogens (tertiary/aromatic N) is 1. The highest BCUT2D eigenvalue weighted by molar-refractivity contribution is 4.91. The second-order valence-corrected chi connectivity index (χ2v) is 7.13. The summed E-state index contributed by atoms with van der Waals surface area (Å²) in [4.78, 5) is 2.49. The van der Waals surface area contributed by atoms with Crippen LogP contribution in [-0.2, 0) is 4.74 Å². The Morgan fingerprint density at radius 2 is 2.25 bits per heavy atom. The molecule has 0 aromatic carbocycles. The lowest BCUT2D eigenvalue weighted by molar-refractivity contribution is -0.0312. The molecule has 2 unspecified atom stereocenters. The Balaban J connectivity index is 1.91. The van der Waals surface area contributed by atoms with E-state index in [2.05, 4.69) is 24.1 Å². The topological polar surface area (TPSA) is 44.7 Å². The van der Waals surface area contributed by atoms with Gasteiger partial charge in [0.2, 0.25) is 0 Å². The summed E-state index contributed by atoms with van der Waals surface area (Å²) in [5.74, 6) is 0.688. The normalized spacial score (nSPS) is 32.1. The number of hydrogen-bond donors (Lipinski definition) is 2. The summed E-state index contributed by atoms with van der Waals surface area (Å²) in [6, 6.07) is 0.374. The van der Waals surface area contributed by atoms with Crippen LogP contribution in [0.15, 0.2) is 0 Å². The minimum absolute atomic E-state index is 0.241. The fourth-order valence-corrected chi connectivity index (χ4v) is 3.60. The molecule has 0 aromatic rings. The lowest BCUT2D eigenvalue weighted by Gasteiger charge is -2.41. The minimum Gasteiger partial charge on any atom is -0.395 e. The molecule has 2 saturated heterocycles. The first kappa shape index (κ1) is 16.2. The van der Waals surface area contributed by atoms with Crippen molar-refractivity contribution < 1.29 is 9.84 Å². The third-order valence-electron chi connectivity index (χ3n) is 4.70. The number of aliphatic hydroxyl groups excluding tert-OH is 1. The third-order valence-corrected chi connectivity index (χ3v) is 4.70. The highest BCUT2D eigenvalue weighted by atomic mass is 16.5. The summed E-state index contributed by atoms with van der Waals surface area (Å²) < 4.78 is 5.79. The molecule has 0 aromatic heterocycles. The van der Waals surface area contributed by atoms with Gasteiger partial charge in [0.05, 0.1) is 13.2 Å². The second kappa shape index (κ2) is 7.74. The van der Waals surface area contributed by atoms with Gasteiger partial charge in [-0.05, 0) is 44.7 Å². The predicted molar refractivity (Wildman–Crippen MR) is 81.9 cm³/mol. The Kier molecular flexibility index (Phi) is 6.27. The van der Waals surface area contributed by atoms with Crippen LogP contribution < -0.4 is 5.32 Å². The fraction of sp³-hybridized carbons (Fsp3) is 1.00. The third kappa shape index (κ3) is 4.42. The number of nitrogens with one attached hydrogen (secondary N) is 1. The summed E-state index contributed by atoms with van der Waals surface area (Å²) in [5.41, 5.74) is 0.241. The Hall–Kier alpha value is -0.160. The quantitative estimate of drug-likeness (QED) is 0.743. The van der Waals surface area contributed by atoms with Crippen molar-refractivity contribution >= 4 is 0 Å². The van der Waals surface area contributed by atoms with E-state index in [1.54, 1.807) is 0 Å². The van der Waals surface area contributed by atoms with E-state index >= 15 is 0 Å². The summed E-state index contributed by atoms with van der Waals surface area (Å²) in [5, 5.41) is 13.1. The maximum Gasteiger partial charge on any atom is 0.0586 e. The van der Waals surface area contributed by atoms with Crippen molar-refractivity contribution in [2.24, 2.45) is 11.3 Å². The SMILES string of the molecule is CC(C)CNCC1(CN2CCCC2CO)CCCOC1. The highest BCUT2D eigenvalue weighted by Gasteiger charge is 2.37. The molecule has 2 atom stereocenters. The number of aliphatic hydroxyl groups is 1. The van der Waals surface area contributed by atoms with Gasteiger partial charge in [-0.25, -0.2) is 0 Å². The van der Waals surface area contributed by atoms with E-state index in [4.69, 9.17) is 4.74 Å². The van der Waals surface area contributed by atoms with E-state index in [0.717, 1.165) is 45.8 Å². The molecule has 20 heavy (non-hydrogen) atoms. The van der Waals surface area contributed by atoms with E-state index in [0.29, 0.717) is 18.6 Å². The Morgan fingerprint density at radius 1 is 1.40 bits per heavy atom. The molecular formula is C16H32N2O2. The van der Waals surface area contributed by atoms with Gasteiger partial charge in [-0.3, -0.25) is 4.90 Å². The molecule has 118 valence electrons. The largest absolute Gasteiger partial charge is 0.395 e. The van der Waals surface area contributed by atoms with Gasteiger partial charge in [0, 0.05) is 31.2 Å². The maximum atomic E-state index is 9.51. The van der Waals surface area contributed by atoms with Crippen molar-refractivity contribution in [3.8, 4) is 0 Å². The minimum atomic E-state index is 0.241. The molecule has 0 radical (unpaired) electrons. The van der Waals surface area contributed by atoms with Crippen LogP contribution in [0.1, 0.15) is 39.5 Å². The van der Waals surface area contributed by atoms with Gasteiger partial charge in [-0.15, -0.1) is 0 Å². The van der Waals surface area contributed by atoms with Gasteiger partial charge >= 0.3 is 0 Å². The number of hydrogen-bond acceptors (Lipinski definition) is 4. The van der Waals surface area contributed by atoms with E-state index < -0.39 is 0 Å². The zero-order valence-corrected chi connectivity index (χ0v) is 13.2. The lowest BCUT2D eigenvalue weighted by Crippen LogP contribution is -2.51. The molecule has 0 bridgehead atoms. The molecule has 2 heterocycles. The summed E-state index contributed by atoms with van der Waals surface area (Å²) in [6.07, 6.45) is 4.78. The van der Waals surface area contributed by atoms with E-state index in [1.807, 2.05) is 0 Å². The first-order valence-electron chi connectivity index (χ1n) is 8.28. The van der Waals surface area contributed by atoms with E-state index in [1.165, 1.54) is 19.3 Å². The zero-order chi connectivity index (χ0) is 14.4. The monoisotopic (exact) mass is 284 g/mol.